The van der Waals surface area contributed by atoms with Crippen LogP contribution >= 0.6 is 23.2 Å². The number of hydrogen-bond donors (Lipinski definition) is 1. The summed E-state index contributed by atoms with van der Waals surface area (Å²) in [5, 5.41) is 10.4. The summed E-state index contributed by atoms with van der Waals surface area (Å²) in [5.41, 5.74) is 0. The molecule has 1 N–H and O–H groups in total. The molecular formula is C12H20Cl2O3S. The molecule has 0 aliphatic heterocycles. The molecule has 0 amide bonds. The van der Waals surface area contributed by atoms with Gasteiger partial charge >= 0.3 is 5.97 Å². The lowest BCUT2D eigenvalue weighted by Gasteiger charge is -2.13. The van der Waals surface area contributed by atoms with Crippen LogP contribution in [-0.2, 0) is 16.1 Å². The van der Waals surface area contributed by atoms with E-state index in [0.29, 0.717) is 17.7 Å². The molecule has 0 atom stereocenters. The third-order valence-electron chi connectivity index (χ3n) is 2.69. The van der Waals surface area contributed by atoms with Crippen LogP contribution in [0.2, 0.25) is 0 Å². The van der Waals surface area contributed by atoms with Crippen molar-refractivity contribution in [1.29, 1.82) is 0 Å². The van der Waals surface area contributed by atoms with E-state index in [9.17, 15) is 9.00 Å². The van der Waals surface area contributed by atoms with E-state index in [0.717, 1.165) is 51.4 Å². The molecule has 0 aliphatic rings. The maximum Gasteiger partial charge on any atom is 0.340 e. The molecule has 0 heterocycles. The molecule has 0 fully saturated rings. The SMILES string of the molecule is O=S=CCCCCCCCCCC(Cl)(Cl)C(=O)O. The first-order valence-electron chi connectivity index (χ1n) is 6.22. The minimum Gasteiger partial charge on any atom is -0.479 e. The third kappa shape index (κ3) is 9.92. The van der Waals surface area contributed by atoms with Crippen molar-refractivity contribution in [2.24, 2.45) is 0 Å². The Bertz CT molecular complexity index is 289. The van der Waals surface area contributed by atoms with E-state index in [4.69, 9.17) is 28.3 Å². The molecule has 0 aromatic carbocycles. The van der Waals surface area contributed by atoms with Gasteiger partial charge in [-0.05, 0) is 25.7 Å². The Morgan fingerprint density at radius 3 is 2.06 bits per heavy atom. The van der Waals surface area contributed by atoms with E-state index < -0.39 is 10.3 Å². The molecule has 0 saturated carbocycles. The van der Waals surface area contributed by atoms with E-state index >= 15 is 0 Å². The van der Waals surface area contributed by atoms with Crippen LogP contribution in [0.1, 0.15) is 57.8 Å². The number of aliphatic carboxylic acids is 1. The molecule has 0 rings (SSSR count). The van der Waals surface area contributed by atoms with Crippen LogP contribution in [0.4, 0.5) is 0 Å². The van der Waals surface area contributed by atoms with Crippen LogP contribution in [0.15, 0.2) is 0 Å². The predicted octanol–water partition coefficient (Wildman–Crippen LogP) is 3.77. The van der Waals surface area contributed by atoms with E-state index in [1.807, 2.05) is 0 Å². The van der Waals surface area contributed by atoms with Gasteiger partial charge in [-0.15, -0.1) is 0 Å². The fourth-order valence-corrected chi connectivity index (χ4v) is 2.14. The van der Waals surface area contributed by atoms with Gasteiger partial charge in [0.15, 0.2) is 0 Å². The van der Waals surface area contributed by atoms with Gasteiger partial charge in [-0.3, -0.25) is 0 Å². The van der Waals surface area contributed by atoms with Crippen molar-refractivity contribution in [3.8, 4) is 0 Å². The highest BCUT2D eigenvalue weighted by molar-refractivity contribution is 7.64. The smallest absolute Gasteiger partial charge is 0.340 e. The Morgan fingerprint density at radius 2 is 1.56 bits per heavy atom. The molecule has 0 saturated heterocycles. The highest BCUT2D eigenvalue weighted by Crippen LogP contribution is 2.28. The van der Waals surface area contributed by atoms with Gasteiger partial charge in [0.25, 0.3) is 0 Å². The summed E-state index contributed by atoms with van der Waals surface area (Å²) in [6, 6.07) is 0. The van der Waals surface area contributed by atoms with Crippen molar-refractivity contribution in [3.05, 3.63) is 0 Å². The summed E-state index contributed by atoms with van der Waals surface area (Å²) in [6.45, 7) is 0. The fourth-order valence-electron chi connectivity index (χ4n) is 1.61. The quantitative estimate of drug-likeness (QED) is 0.359. The molecule has 3 nitrogen and oxygen atoms in total. The van der Waals surface area contributed by atoms with E-state index in [2.05, 4.69) is 0 Å². The van der Waals surface area contributed by atoms with Gasteiger partial charge in [0.05, 0.1) is 11.3 Å². The minimum atomic E-state index is -1.63. The van der Waals surface area contributed by atoms with Crippen LogP contribution in [0, 0.1) is 0 Å². The zero-order valence-corrected chi connectivity index (χ0v) is 12.7. The summed E-state index contributed by atoms with van der Waals surface area (Å²) >= 11 is 11.8. The zero-order chi connectivity index (χ0) is 13.9. The van der Waals surface area contributed by atoms with Crippen LogP contribution in [0.25, 0.3) is 0 Å². The Morgan fingerprint density at radius 1 is 1.06 bits per heavy atom. The lowest BCUT2D eigenvalue weighted by atomic mass is 10.1. The van der Waals surface area contributed by atoms with Gasteiger partial charge in [-0.1, -0.05) is 55.3 Å². The number of unbranched alkanes of at least 4 members (excludes halogenated alkanes) is 7. The fraction of sp³-hybridized carbons (Fsp3) is 0.833. The molecule has 6 heteroatoms. The minimum absolute atomic E-state index is 0.293. The first kappa shape index (κ1) is 17.9. The summed E-state index contributed by atoms with van der Waals surface area (Å²) in [6.07, 6.45) is 8.44. The Kier molecular flexibility index (Phi) is 10.8. The third-order valence-corrected chi connectivity index (χ3v) is 3.77. The van der Waals surface area contributed by atoms with E-state index in [1.165, 1.54) is 0 Å². The molecule has 0 aliphatic carbocycles. The van der Waals surface area contributed by atoms with Crippen LogP contribution < -0.4 is 0 Å². The number of rotatable bonds is 11. The topological polar surface area (TPSA) is 54.4 Å². The largest absolute Gasteiger partial charge is 0.479 e. The Labute approximate surface area is 122 Å². The van der Waals surface area contributed by atoms with Crippen molar-refractivity contribution >= 4 is 45.8 Å². The van der Waals surface area contributed by atoms with Gasteiger partial charge < -0.3 is 5.11 Å². The molecule has 0 aromatic rings. The lowest BCUT2D eigenvalue weighted by molar-refractivity contribution is -0.138. The summed E-state index contributed by atoms with van der Waals surface area (Å²) < 4.78 is 8.43. The molecule has 0 bridgehead atoms. The monoisotopic (exact) mass is 314 g/mol. The lowest BCUT2D eigenvalue weighted by Crippen LogP contribution is -2.25. The highest BCUT2D eigenvalue weighted by atomic mass is 35.5. The summed E-state index contributed by atoms with van der Waals surface area (Å²) in [4.78, 5) is 10.6. The number of hydrogen-bond acceptors (Lipinski definition) is 2. The predicted molar refractivity (Wildman–Crippen MR) is 77.8 cm³/mol. The standard InChI is InChI=1S/C12H20Cl2O3S/c13-12(14,11(15)16)9-7-5-3-1-2-4-6-8-10-18-17/h10H,1-9H2,(H,15,16). The van der Waals surface area contributed by atoms with Crippen molar-refractivity contribution in [3.63, 3.8) is 0 Å². The van der Waals surface area contributed by atoms with Crippen molar-refractivity contribution in [1.82, 2.24) is 0 Å². The number of carboxylic acids is 1. The molecule has 0 spiro atoms. The van der Waals surface area contributed by atoms with Gasteiger partial charge in [-0.25, -0.2) is 9.00 Å². The number of carbonyl (C=O) groups is 1. The van der Waals surface area contributed by atoms with Gasteiger partial charge in [0, 0.05) is 5.37 Å². The maximum atomic E-state index is 10.6. The average molecular weight is 315 g/mol. The molecule has 18 heavy (non-hydrogen) atoms. The molecule has 0 unspecified atom stereocenters. The van der Waals surface area contributed by atoms with Crippen molar-refractivity contribution in [2.75, 3.05) is 0 Å². The maximum absolute atomic E-state index is 10.6. The van der Waals surface area contributed by atoms with Crippen molar-refractivity contribution < 1.29 is 14.1 Å². The van der Waals surface area contributed by atoms with E-state index in [1.54, 1.807) is 5.37 Å². The van der Waals surface area contributed by atoms with Crippen LogP contribution in [0.5, 0.6) is 0 Å². The summed E-state index contributed by atoms with van der Waals surface area (Å²) in [5.74, 6) is -1.17. The van der Waals surface area contributed by atoms with Gasteiger partial charge in [0.1, 0.15) is 0 Å². The second-order valence-corrected chi connectivity index (χ2v) is 6.30. The summed E-state index contributed by atoms with van der Waals surface area (Å²) in [7, 11) is 0. The van der Waals surface area contributed by atoms with Gasteiger partial charge in [-0.2, -0.15) is 0 Å². The van der Waals surface area contributed by atoms with Crippen LogP contribution in [-0.4, -0.2) is 25.0 Å². The second-order valence-electron chi connectivity index (χ2n) is 4.29. The number of halogens is 2. The van der Waals surface area contributed by atoms with E-state index in [-0.39, 0.29) is 0 Å². The average Bonchev–Trinajstić information content (AvgIpc) is 2.31. The Balaban J connectivity index is 3.31. The molecule has 0 radical (unpaired) electrons. The first-order valence-corrected chi connectivity index (χ1v) is 7.78. The second kappa shape index (κ2) is 10.8. The molecule has 106 valence electrons. The Hall–Kier alpha value is -0.0600. The number of carboxylic acid groups (broad SMARTS) is 1. The normalized spacial score (nSPS) is 11.2. The van der Waals surface area contributed by atoms with Crippen molar-refractivity contribution in [2.45, 2.75) is 62.1 Å². The highest BCUT2D eigenvalue weighted by Gasteiger charge is 2.32. The molecule has 0 aromatic heterocycles. The first-order chi connectivity index (χ1) is 8.50. The zero-order valence-electron chi connectivity index (χ0n) is 10.4. The molecular weight excluding hydrogens is 295 g/mol. The number of alkyl halides is 2. The van der Waals surface area contributed by atoms with Crippen LogP contribution in [0.3, 0.4) is 0 Å². The van der Waals surface area contributed by atoms with Gasteiger partial charge in [0.2, 0.25) is 4.33 Å².